The summed E-state index contributed by atoms with van der Waals surface area (Å²) in [6, 6.07) is 5.81. The van der Waals surface area contributed by atoms with Crippen molar-refractivity contribution in [2.45, 2.75) is 18.4 Å². The highest BCUT2D eigenvalue weighted by Crippen LogP contribution is 2.11. The van der Waals surface area contributed by atoms with Crippen LogP contribution in [-0.4, -0.2) is 24.4 Å². The van der Waals surface area contributed by atoms with Crippen LogP contribution in [0.5, 0.6) is 0 Å². The fourth-order valence-corrected chi connectivity index (χ4v) is 2.52. The van der Waals surface area contributed by atoms with E-state index in [0.29, 0.717) is 5.56 Å². The predicted molar refractivity (Wildman–Crippen MR) is 69.1 cm³/mol. The van der Waals surface area contributed by atoms with Crippen LogP contribution in [0.4, 0.5) is 0 Å². The van der Waals surface area contributed by atoms with Crippen LogP contribution in [-0.2, 0) is 16.6 Å². The number of nitrogens with zero attached hydrogens (tertiary/aromatic N) is 1. The van der Waals surface area contributed by atoms with Gasteiger partial charge >= 0.3 is 0 Å². The first-order valence-electron chi connectivity index (χ1n) is 5.57. The van der Waals surface area contributed by atoms with E-state index < -0.39 is 10.0 Å². The molecular formula is C12H13N3O3S. The van der Waals surface area contributed by atoms with Gasteiger partial charge < -0.3 is 0 Å². The molecule has 100 valence electrons. The second kappa shape index (κ2) is 5.33. The number of benzene rings is 1. The minimum absolute atomic E-state index is 0.102. The fourth-order valence-electron chi connectivity index (χ4n) is 1.50. The van der Waals surface area contributed by atoms with E-state index >= 15 is 0 Å². The molecule has 0 aliphatic carbocycles. The zero-order valence-electron chi connectivity index (χ0n) is 10.3. The smallest absolute Gasteiger partial charge is 0.240 e. The lowest BCUT2D eigenvalue weighted by Gasteiger charge is -2.06. The molecule has 7 heteroatoms. The molecule has 6 nitrogen and oxygen atoms in total. The van der Waals surface area contributed by atoms with Crippen LogP contribution in [0.3, 0.4) is 0 Å². The lowest BCUT2D eigenvalue weighted by atomic mass is 10.2. The van der Waals surface area contributed by atoms with Crippen molar-refractivity contribution in [3.63, 3.8) is 0 Å². The number of aromatic amines is 1. The SMILES string of the molecule is CC(=O)c1ccc(S(=O)(=O)NCc2cn[nH]c2)cc1. The Morgan fingerprint density at radius 3 is 2.53 bits per heavy atom. The molecule has 0 unspecified atom stereocenters. The number of carbonyl (C=O) groups excluding carboxylic acids is 1. The largest absolute Gasteiger partial charge is 0.295 e. The van der Waals surface area contributed by atoms with E-state index in [1.165, 1.54) is 31.2 Å². The number of H-pyrrole nitrogens is 1. The lowest BCUT2D eigenvalue weighted by molar-refractivity contribution is 0.101. The Labute approximate surface area is 110 Å². The molecule has 1 heterocycles. The van der Waals surface area contributed by atoms with Crippen molar-refractivity contribution >= 4 is 15.8 Å². The van der Waals surface area contributed by atoms with Gasteiger partial charge in [0.2, 0.25) is 10.0 Å². The Morgan fingerprint density at radius 1 is 1.32 bits per heavy atom. The van der Waals surface area contributed by atoms with Crippen molar-refractivity contribution in [3.8, 4) is 0 Å². The Morgan fingerprint density at radius 2 is 2.00 bits per heavy atom. The van der Waals surface area contributed by atoms with Crippen LogP contribution in [0.15, 0.2) is 41.6 Å². The average molecular weight is 279 g/mol. The first-order chi connectivity index (χ1) is 8.99. The number of hydrogen-bond donors (Lipinski definition) is 2. The summed E-state index contributed by atoms with van der Waals surface area (Å²) in [5.41, 5.74) is 1.22. The Hall–Kier alpha value is -1.99. The van der Waals surface area contributed by atoms with Crippen molar-refractivity contribution in [3.05, 3.63) is 47.8 Å². The van der Waals surface area contributed by atoms with E-state index in [-0.39, 0.29) is 17.2 Å². The van der Waals surface area contributed by atoms with Crippen molar-refractivity contribution in [1.82, 2.24) is 14.9 Å². The second-order valence-electron chi connectivity index (χ2n) is 4.01. The molecule has 0 bridgehead atoms. The molecule has 2 N–H and O–H groups in total. The van der Waals surface area contributed by atoms with Gasteiger partial charge in [0, 0.05) is 23.9 Å². The molecule has 1 aromatic carbocycles. The van der Waals surface area contributed by atoms with Gasteiger partial charge in [-0.15, -0.1) is 0 Å². The van der Waals surface area contributed by atoms with Crippen LogP contribution in [0, 0.1) is 0 Å². The lowest BCUT2D eigenvalue weighted by Crippen LogP contribution is -2.23. The van der Waals surface area contributed by atoms with Crippen LogP contribution < -0.4 is 4.72 Å². The van der Waals surface area contributed by atoms with Crippen molar-refractivity contribution < 1.29 is 13.2 Å². The normalized spacial score (nSPS) is 11.4. The maximum Gasteiger partial charge on any atom is 0.240 e. The number of nitrogens with one attached hydrogen (secondary N) is 2. The highest BCUT2D eigenvalue weighted by molar-refractivity contribution is 7.89. The van der Waals surface area contributed by atoms with Crippen molar-refractivity contribution in [2.75, 3.05) is 0 Å². The number of ketones is 1. The van der Waals surface area contributed by atoms with Gasteiger partial charge in [-0.25, -0.2) is 13.1 Å². The third-order valence-electron chi connectivity index (χ3n) is 2.59. The number of rotatable bonds is 5. The van der Waals surface area contributed by atoms with Crippen LogP contribution >= 0.6 is 0 Å². The van der Waals surface area contributed by atoms with Crippen LogP contribution in [0.25, 0.3) is 0 Å². The van der Waals surface area contributed by atoms with Gasteiger partial charge in [0.05, 0.1) is 11.1 Å². The molecule has 2 rings (SSSR count). The van der Waals surface area contributed by atoms with Gasteiger partial charge in [-0.05, 0) is 19.1 Å². The molecule has 0 radical (unpaired) electrons. The Kier molecular flexibility index (Phi) is 3.77. The highest BCUT2D eigenvalue weighted by Gasteiger charge is 2.14. The van der Waals surface area contributed by atoms with E-state index in [2.05, 4.69) is 14.9 Å². The first kappa shape index (κ1) is 13.4. The Bertz CT molecular complexity index is 661. The number of hydrogen-bond acceptors (Lipinski definition) is 4. The Balaban J connectivity index is 2.13. The van der Waals surface area contributed by atoms with Gasteiger partial charge in [-0.1, -0.05) is 12.1 Å². The molecule has 0 saturated heterocycles. The minimum Gasteiger partial charge on any atom is -0.295 e. The van der Waals surface area contributed by atoms with E-state index in [0.717, 1.165) is 5.56 Å². The van der Waals surface area contributed by atoms with Gasteiger partial charge in [0.25, 0.3) is 0 Å². The first-order valence-corrected chi connectivity index (χ1v) is 7.06. The summed E-state index contributed by atoms with van der Waals surface area (Å²) in [4.78, 5) is 11.2. The second-order valence-corrected chi connectivity index (χ2v) is 5.78. The third kappa shape index (κ3) is 3.27. The van der Waals surface area contributed by atoms with Crippen molar-refractivity contribution in [2.24, 2.45) is 0 Å². The maximum atomic E-state index is 12.0. The molecule has 0 atom stereocenters. The zero-order valence-corrected chi connectivity index (χ0v) is 11.1. The summed E-state index contributed by atoms with van der Waals surface area (Å²) < 4.78 is 26.4. The molecular weight excluding hydrogens is 266 g/mol. The van der Waals surface area contributed by atoms with Crippen LogP contribution in [0.1, 0.15) is 22.8 Å². The number of sulfonamides is 1. The summed E-state index contributed by atoms with van der Waals surface area (Å²) in [6.07, 6.45) is 3.16. The molecule has 1 aromatic heterocycles. The van der Waals surface area contributed by atoms with Gasteiger partial charge in [-0.2, -0.15) is 5.10 Å². The summed E-state index contributed by atoms with van der Waals surface area (Å²) in [7, 11) is -3.58. The molecule has 0 amide bonds. The molecule has 0 saturated carbocycles. The maximum absolute atomic E-state index is 12.0. The van der Waals surface area contributed by atoms with Crippen molar-refractivity contribution in [1.29, 1.82) is 0 Å². The van der Waals surface area contributed by atoms with Gasteiger partial charge in [-0.3, -0.25) is 9.89 Å². The van der Waals surface area contributed by atoms with E-state index in [1.807, 2.05) is 0 Å². The topological polar surface area (TPSA) is 91.9 Å². The zero-order chi connectivity index (χ0) is 13.9. The summed E-state index contributed by atoms with van der Waals surface area (Å²) in [5, 5.41) is 6.33. The summed E-state index contributed by atoms with van der Waals surface area (Å²) in [6.45, 7) is 1.59. The predicted octanol–water partition coefficient (Wildman–Crippen LogP) is 1.09. The average Bonchev–Trinajstić information content (AvgIpc) is 2.90. The number of carbonyl (C=O) groups is 1. The number of Topliss-reactive ketones (excluding diaryl/α,β-unsaturated/α-hetero) is 1. The fraction of sp³-hybridized carbons (Fsp3) is 0.167. The third-order valence-corrected chi connectivity index (χ3v) is 4.01. The minimum atomic E-state index is -3.58. The molecule has 0 spiro atoms. The monoisotopic (exact) mass is 279 g/mol. The summed E-state index contributed by atoms with van der Waals surface area (Å²) >= 11 is 0. The quantitative estimate of drug-likeness (QED) is 0.801. The standard InChI is InChI=1S/C12H13N3O3S/c1-9(16)11-2-4-12(5-3-11)19(17,18)15-8-10-6-13-14-7-10/h2-7,15H,8H2,1H3,(H,13,14). The van der Waals surface area contributed by atoms with Gasteiger partial charge in [0.15, 0.2) is 5.78 Å². The molecule has 0 aliphatic rings. The van der Waals surface area contributed by atoms with E-state index in [4.69, 9.17) is 0 Å². The van der Waals surface area contributed by atoms with E-state index in [1.54, 1.807) is 12.4 Å². The molecule has 0 fully saturated rings. The van der Waals surface area contributed by atoms with Crippen LogP contribution in [0.2, 0.25) is 0 Å². The molecule has 2 aromatic rings. The van der Waals surface area contributed by atoms with E-state index in [9.17, 15) is 13.2 Å². The van der Waals surface area contributed by atoms with Gasteiger partial charge in [0.1, 0.15) is 0 Å². The highest BCUT2D eigenvalue weighted by atomic mass is 32.2. The molecule has 0 aliphatic heterocycles. The number of aromatic nitrogens is 2. The molecule has 19 heavy (non-hydrogen) atoms. The summed E-state index contributed by atoms with van der Waals surface area (Å²) in [5.74, 6) is -0.102.